The molecule has 274 valence electrons. The van der Waals surface area contributed by atoms with Crippen LogP contribution in [-0.2, 0) is 9.59 Å². The van der Waals surface area contributed by atoms with Crippen LogP contribution >= 0.6 is 0 Å². The summed E-state index contributed by atoms with van der Waals surface area (Å²) in [6.45, 7) is 8.63. The van der Waals surface area contributed by atoms with Crippen molar-refractivity contribution in [2.45, 2.75) is 259 Å². The highest BCUT2D eigenvalue weighted by Gasteiger charge is 2.20. The molecule has 0 rings (SSSR count). The first-order valence-corrected chi connectivity index (χ1v) is 21.6. The van der Waals surface area contributed by atoms with Crippen molar-refractivity contribution < 1.29 is 9.59 Å². The number of rotatable bonds is 39. The molecule has 0 aromatic rings. The number of hydrogen-bond acceptors (Lipinski definition) is 2. The first kappa shape index (κ1) is 45.3. The summed E-state index contributed by atoms with van der Waals surface area (Å²) < 4.78 is 0. The van der Waals surface area contributed by atoms with Gasteiger partial charge in [0.2, 0.25) is 0 Å². The predicted molar refractivity (Wildman–Crippen MR) is 206 cm³/mol. The normalized spacial score (nSPS) is 12.9. The van der Waals surface area contributed by atoms with E-state index in [1.54, 1.807) is 0 Å². The van der Waals surface area contributed by atoms with E-state index in [0.717, 1.165) is 37.5 Å². The Balaban J connectivity index is 4.77. The van der Waals surface area contributed by atoms with Gasteiger partial charge in [0, 0.05) is 25.7 Å². The third-order valence-electron chi connectivity index (χ3n) is 10.9. The van der Waals surface area contributed by atoms with Gasteiger partial charge in [-0.1, -0.05) is 220 Å². The summed E-state index contributed by atoms with van der Waals surface area (Å²) in [6, 6.07) is 0. The minimum atomic E-state index is 0.439. The smallest absolute Gasteiger partial charge is 0.132 e. The molecular weight excluding hydrogens is 560 g/mol. The van der Waals surface area contributed by atoms with Crippen LogP contribution in [0.5, 0.6) is 0 Å². The fourth-order valence-corrected chi connectivity index (χ4v) is 7.54. The standard InChI is InChI=1S/C44H86O2/c1-5-9-11-13-17-23-29-35-41(37-31-25-19-15-21-27-33-39-43(45)7-3)42(36-30-24-18-14-12-10-6-2)38-32-26-20-16-22-28-34-40-44(46)8-4/h41-42H,5-40H2,1-4H3. The quantitative estimate of drug-likeness (QED) is 0.0623. The molecule has 2 atom stereocenters. The molecule has 0 aliphatic rings. The number of hydrogen-bond donors (Lipinski definition) is 0. The van der Waals surface area contributed by atoms with Crippen molar-refractivity contribution in [3.05, 3.63) is 0 Å². The maximum Gasteiger partial charge on any atom is 0.132 e. The number of Topliss-reactive ketones (excluding diaryl/α,β-unsaturated/α-hetero) is 2. The van der Waals surface area contributed by atoms with Crippen LogP contribution in [0.4, 0.5) is 0 Å². The lowest BCUT2D eigenvalue weighted by atomic mass is 9.78. The van der Waals surface area contributed by atoms with E-state index >= 15 is 0 Å². The van der Waals surface area contributed by atoms with E-state index in [-0.39, 0.29) is 0 Å². The van der Waals surface area contributed by atoms with Gasteiger partial charge >= 0.3 is 0 Å². The van der Waals surface area contributed by atoms with Crippen LogP contribution in [0.3, 0.4) is 0 Å². The summed E-state index contributed by atoms with van der Waals surface area (Å²) in [5, 5.41) is 0. The van der Waals surface area contributed by atoms with Crippen molar-refractivity contribution in [2.24, 2.45) is 11.8 Å². The highest BCUT2D eigenvalue weighted by Crippen LogP contribution is 2.34. The molecule has 0 fully saturated rings. The summed E-state index contributed by atoms with van der Waals surface area (Å²) >= 11 is 0. The zero-order valence-electron chi connectivity index (χ0n) is 32.4. The molecule has 0 saturated heterocycles. The summed E-state index contributed by atoms with van der Waals surface area (Å²) in [6.07, 6.45) is 47.5. The molecule has 0 heterocycles. The molecule has 2 heteroatoms. The molecule has 0 amide bonds. The number of ketones is 2. The first-order valence-electron chi connectivity index (χ1n) is 21.6. The molecule has 0 aromatic carbocycles. The molecule has 0 bridgehead atoms. The maximum absolute atomic E-state index is 11.6. The third-order valence-corrected chi connectivity index (χ3v) is 10.9. The topological polar surface area (TPSA) is 34.1 Å². The Kier molecular flexibility index (Phi) is 36.6. The van der Waals surface area contributed by atoms with Crippen LogP contribution in [0.15, 0.2) is 0 Å². The molecule has 0 spiro atoms. The van der Waals surface area contributed by atoms with Crippen LogP contribution in [0.1, 0.15) is 259 Å². The van der Waals surface area contributed by atoms with Gasteiger partial charge in [-0.05, 0) is 24.7 Å². The minimum Gasteiger partial charge on any atom is -0.300 e. The summed E-state index contributed by atoms with van der Waals surface area (Å²) in [5.41, 5.74) is 0. The summed E-state index contributed by atoms with van der Waals surface area (Å²) in [4.78, 5) is 23.1. The summed E-state index contributed by atoms with van der Waals surface area (Å²) in [5.74, 6) is 2.78. The van der Waals surface area contributed by atoms with Crippen molar-refractivity contribution in [3.63, 3.8) is 0 Å². The number of unbranched alkanes of at least 4 members (excludes halogenated alkanes) is 24. The highest BCUT2D eigenvalue weighted by molar-refractivity contribution is 5.78. The Bertz CT molecular complexity index is 571. The number of carbonyl (C=O) groups excluding carboxylic acids is 2. The van der Waals surface area contributed by atoms with E-state index in [4.69, 9.17) is 0 Å². The van der Waals surface area contributed by atoms with E-state index in [1.165, 1.54) is 193 Å². The van der Waals surface area contributed by atoms with E-state index in [1.807, 2.05) is 13.8 Å². The minimum absolute atomic E-state index is 0.439. The molecule has 46 heavy (non-hydrogen) atoms. The van der Waals surface area contributed by atoms with Gasteiger partial charge in [0.25, 0.3) is 0 Å². The largest absolute Gasteiger partial charge is 0.300 e. The Hall–Kier alpha value is -0.660. The zero-order valence-corrected chi connectivity index (χ0v) is 32.4. The second-order valence-electron chi connectivity index (χ2n) is 15.2. The zero-order chi connectivity index (χ0) is 33.8. The van der Waals surface area contributed by atoms with E-state index in [9.17, 15) is 9.59 Å². The molecule has 2 nitrogen and oxygen atoms in total. The summed E-state index contributed by atoms with van der Waals surface area (Å²) in [7, 11) is 0. The van der Waals surface area contributed by atoms with Crippen LogP contribution in [-0.4, -0.2) is 11.6 Å². The van der Waals surface area contributed by atoms with Crippen molar-refractivity contribution in [1.82, 2.24) is 0 Å². The molecular formula is C44H86O2. The second kappa shape index (κ2) is 37.2. The Morgan fingerprint density at radius 3 is 0.761 bits per heavy atom. The third kappa shape index (κ3) is 31.9. The van der Waals surface area contributed by atoms with Crippen LogP contribution in [0.25, 0.3) is 0 Å². The van der Waals surface area contributed by atoms with Crippen molar-refractivity contribution in [1.29, 1.82) is 0 Å². The van der Waals surface area contributed by atoms with Gasteiger partial charge in [-0.15, -0.1) is 0 Å². The van der Waals surface area contributed by atoms with E-state index < -0.39 is 0 Å². The lowest BCUT2D eigenvalue weighted by Gasteiger charge is -2.28. The maximum atomic E-state index is 11.6. The van der Waals surface area contributed by atoms with E-state index in [2.05, 4.69) is 13.8 Å². The molecule has 0 radical (unpaired) electrons. The monoisotopic (exact) mass is 647 g/mol. The molecule has 0 saturated carbocycles. The van der Waals surface area contributed by atoms with Crippen molar-refractivity contribution in [2.75, 3.05) is 0 Å². The first-order chi connectivity index (χ1) is 22.6. The fraction of sp³-hybridized carbons (Fsp3) is 0.955. The molecule has 0 N–H and O–H groups in total. The molecule has 2 unspecified atom stereocenters. The average molecular weight is 647 g/mol. The Morgan fingerprint density at radius 1 is 0.304 bits per heavy atom. The molecule has 0 aromatic heterocycles. The molecule has 0 aliphatic heterocycles. The number of carbonyl (C=O) groups is 2. The van der Waals surface area contributed by atoms with Gasteiger partial charge in [0.15, 0.2) is 0 Å². The fourth-order valence-electron chi connectivity index (χ4n) is 7.54. The van der Waals surface area contributed by atoms with Gasteiger partial charge in [-0.3, -0.25) is 9.59 Å². The molecule has 0 aliphatic carbocycles. The second-order valence-corrected chi connectivity index (χ2v) is 15.2. The van der Waals surface area contributed by atoms with E-state index in [0.29, 0.717) is 24.4 Å². The van der Waals surface area contributed by atoms with Gasteiger partial charge in [-0.25, -0.2) is 0 Å². The predicted octanol–water partition coefficient (Wildman–Crippen LogP) is 15.5. The van der Waals surface area contributed by atoms with Crippen LogP contribution in [0.2, 0.25) is 0 Å². The SMILES string of the molecule is CCCCCCCCCC(CCCCCCCCCC(=O)CC)C(CCCCCCCCC)CCCCCCCCCC(=O)CC. The van der Waals surface area contributed by atoms with Crippen LogP contribution < -0.4 is 0 Å². The Morgan fingerprint density at radius 2 is 0.522 bits per heavy atom. The van der Waals surface area contributed by atoms with Crippen molar-refractivity contribution in [3.8, 4) is 0 Å². The van der Waals surface area contributed by atoms with Crippen LogP contribution in [0, 0.1) is 11.8 Å². The van der Waals surface area contributed by atoms with Gasteiger partial charge < -0.3 is 0 Å². The van der Waals surface area contributed by atoms with Crippen molar-refractivity contribution >= 4 is 11.6 Å². The van der Waals surface area contributed by atoms with Gasteiger partial charge in [-0.2, -0.15) is 0 Å². The van der Waals surface area contributed by atoms with Gasteiger partial charge in [0.1, 0.15) is 11.6 Å². The highest BCUT2D eigenvalue weighted by atomic mass is 16.1. The average Bonchev–Trinajstić information content (AvgIpc) is 3.07. The lowest BCUT2D eigenvalue weighted by molar-refractivity contribution is -0.119. The van der Waals surface area contributed by atoms with Gasteiger partial charge in [0.05, 0.1) is 0 Å². The lowest BCUT2D eigenvalue weighted by Crippen LogP contribution is -2.16. The Labute approximate surface area is 291 Å².